The fourth-order valence-corrected chi connectivity index (χ4v) is 3.64. The molecule has 0 bridgehead atoms. The van der Waals surface area contributed by atoms with Crippen LogP contribution in [0.2, 0.25) is 0 Å². The zero-order valence-corrected chi connectivity index (χ0v) is 15.9. The number of hydrogen-bond donors (Lipinski definition) is 0. The summed E-state index contributed by atoms with van der Waals surface area (Å²) in [5.41, 5.74) is 3.69. The molecule has 1 fully saturated rings. The van der Waals surface area contributed by atoms with Gasteiger partial charge in [0.15, 0.2) is 0 Å². The second-order valence-electron chi connectivity index (χ2n) is 7.08. The normalized spacial score (nSPS) is 17.3. The van der Waals surface area contributed by atoms with Crippen molar-refractivity contribution in [1.29, 1.82) is 0 Å². The minimum Gasteiger partial charge on any atom is -0.497 e. The molecule has 1 amide bonds. The highest BCUT2D eigenvalue weighted by Crippen LogP contribution is 2.32. The number of carbonyl (C=O) groups is 1. The summed E-state index contributed by atoms with van der Waals surface area (Å²) in [5.74, 6) is 1.04. The quantitative estimate of drug-likeness (QED) is 0.793. The van der Waals surface area contributed by atoms with Crippen molar-refractivity contribution in [2.45, 2.75) is 32.4 Å². The van der Waals surface area contributed by atoms with Crippen LogP contribution in [0.3, 0.4) is 0 Å². The van der Waals surface area contributed by atoms with Gasteiger partial charge in [0, 0.05) is 19.6 Å². The van der Waals surface area contributed by atoms with Crippen LogP contribution in [0.25, 0.3) is 0 Å². The Morgan fingerprint density at radius 1 is 1.19 bits per heavy atom. The van der Waals surface area contributed by atoms with Crippen molar-refractivity contribution in [1.82, 2.24) is 9.80 Å². The second kappa shape index (κ2) is 8.37. The van der Waals surface area contributed by atoms with Crippen LogP contribution in [0.4, 0.5) is 0 Å². The van der Waals surface area contributed by atoms with E-state index >= 15 is 0 Å². The number of nitrogens with zero attached hydrogens (tertiary/aromatic N) is 2. The van der Waals surface area contributed by atoms with E-state index < -0.39 is 0 Å². The van der Waals surface area contributed by atoms with Crippen LogP contribution in [0.5, 0.6) is 5.75 Å². The van der Waals surface area contributed by atoms with Gasteiger partial charge in [-0.3, -0.25) is 9.69 Å². The fourth-order valence-electron chi connectivity index (χ4n) is 3.64. The average Bonchev–Trinajstić information content (AvgIpc) is 3.11. The van der Waals surface area contributed by atoms with Crippen LogP contribution >= 0.6 is 0 Å². The van der Waals surface area contributed by atoms with Gasteiger partial charge >= 0.3 is 0 Å². The summed E-state index contributed by atoms with van der Waals surface area (Å²) in [6, 6.07) is 16.8. The van der Waals surface area contributed by atoms with Crippen LogP contribution < -0.4 is 4.74 Å². The molecule has 0 aliphatic carbocycles. The van der Waals surface area contributed by atoms with Crippen molar-refractivity contribution in [3.05, 3.63) is 65.2 Å². The molecule has 0 spiro atoms. The zero-order valence-electron chi connectivity index (χ0n) is 15.9. The molecular formula is C22H28N2O2. The third-order valence-corrected chi connectivity index (χ3v) is 5.30. The fraction of sp³-hybridized carbons (Fsp3) is 0.409. The van der Waals surface area contributed by atoms with E-state index in [1.807, 2.05) is 36.2 Å². The molecule has 1 aliphatic rings. The third kappa shape index (κ3) is 4.25. The first-order valence-corrected chi connectivity index (χ1v) is 9.25. The molecule has 3 rings (SSSR count). The van der Waals surface area contributed by atoms with Gasteiger partial charge in [-0.25, -0.2) is 0 Å². The lowest BCUT2D eigenvalue weighted by molar-refractivity contribution is -0.131. The Morgan fingerprint density at radius 3 is 2.62 bits per heavy atom. The number of ether oxygens (including phenoxy) is 1. The topological polar surface area (TPSA) is 32.8 Å². The summed E-state index contributed by atoms with van der Waals surface area (Å²) >= 11 is 0. The molecule has 0 N–H and O–H groups in total. The number of likely N-dealkylation sites (tertiary alicyclic amines) is 1. The van der Waals surface area contributed by atoms with E-state index in [0.717, 1.165) is 25.1 Å². The van der Waals surface area contributed by atoms with Crippen molar-refractivity contribution in [3.8, 4) is 5.75 Å². The highest BCUT2D eigenvalue weighted by molar-refractivity contribution is 5.78. The Labute approximate surface area is 156 Å². The molecule has 1 atom stereocenters. The highest BCUT2D eigenvalue weighted by Gasteiger charge is 2.28. The number of hydrogen-bond acceptors (Lipinski definition) is 3. The lowest BCUT2D eigenvalue weighted by Crippen LogP contribution is -2.38. The number of benzene rings is 2. The van der Waals surface area contributed by atoms with Crippen molar-refractivity contribution < 1.29 is 9.53 Å². The summed E-state index contributed by atoms with van der Waals surface area (Å²) in [7, 11) is 3.58. The first-order valence-electron chi connectivity index (χ1n) is 9.25. The summed E-state index contributed by atoms with van der Waals surface area (Å²) in [6.45, 7) is 4.19. The molecule has 138 valence electrons. The number of methoxy groups -OCH3 is 1. The Hall–Kier alpha value is -2.33. The smallest absolute Gasteiger partial charge is 0.236 e. The van der Waals surface area contributed by atoms with Gasteiger partial charge < -0.3 is 9.64 Å². The van der Waals surface area contributed by atoms with Crippen LogP contribution in [0.1, 0.15) is 35.6 Å². The van der Waals surface area contributed by atoms with E-state index in [4.69, 9.17) is 4.74 Å². The lowest BCUT2D eigenvalue weighted by Gasteiger charge is -2.27. The largest absolute Gasteiger partial charge is 0.497 e. The molecule has 0 radical (unpaired) electrons. The minimum absolute atomic E-state index is 0.175. The molecule has 2 aromatic carbocycles. The van der Waals surface area contributed by atoms with Gasteiger partial charge in [-0.15, -0.1) is 0 Å². The average molecular weight is 352 g/mol. The number of amides is 1. The molecule has 0 unspecified atom stereocenters. The van der Waals surface area contributed by atoms with Gasteiger partial charge in [-0.1, -0.05) is 36.4 Å². The summed E-state index contributed by atoms with van der Waals surface area (Å²) < 4.78 is 5.25. The van der Waals surface area contributed by atoms with Crippen LogP contribution in [0, 0.1) is 6.92 Å². The number of likely N-dealkylation sites (N-methyl/N-ethyl adjacent to an activating group) is 1. The predicted octanol–water partition coefficient (Wildman–Crippen LogP) is 3.80. The van der Waals surface area contributed by atoms with Crippen LogP contribution in [-0.2, 0) is 11.3 Å². The molecular weight excluding hydrogens is 324 g/mol. The summed E-state index contributed by atoms with van der Waals surface area (Å²) in [5, 5.41) is 0. The first kappa shape index (κ1) is 18.5. The number of carbonyl (C=O) groups excluding carboxylic acids is 1. The van der Waals surface area contributed by atoms with E-state index in [-0.39, 0.29) is 5.91 Å². The van der Waals surface area contributed by atoms with Crippen molar-refractivity contribution in [2.75, 3.05) is 27.2 Å². The van der Waals surface area contributed by atoms with Gasteiger partial charge in [0.1, 0.15) is 5.75 Å². The minimum atomic E-state index is 0.175. The van der Waals surface area contributed by atoms with Crippen LogP contribution in [0.15, 0.2) is 48.5 Å². The lowest BCUT2D eigenvalue weighted by atomic mass is 10.0. The molecule has 4 heteroatoms. The zero-order chi connectivity index (χ0) is 18.5. The van der Waals surface area contributed by atoms with Gasteiger partial charge in [0.05, 0.1) is 13.7 Å². The van der Waals surface area contributed by atoms with E-state index in [9.17, 15) is 4.79 Å². The maximum absolute atomic E-state index is 12.8. The van der Waals surface area contributed by atoms with Crippen LogP contribution in [-0.4, -0.2) is 43.0 Å². The van der Waals surface area contributed by atoms with E-state index in [1.165, 1.54) is 16.7 Å². The summed E-state index contributed by atoms with van der Waals surface area (Å²) in [6.07, 6.45) is 2.23. The highest BCUT2D eigenvalue weighted by atomic mass is 16.5. The van der Waals surface area contributed by atoms with Gasteiger partial charge in [0.25, 0.3) is 0 Å². The third-order valence-electron chi connectivity index (χ3n) is 5.30. The van der Waals surface area contributed by atoms with E-state index in [2.05, 4.69) is 36.1 Å². The predicted molar refractivity (Wildman–Crippen MR) is 104 cm³/mol. The summed E-state index contributed by atoms with van der Waals surface area (Å²) in [4.78, 5) is 16.9. The van der Waals surface area contributed by atoms with Gasteiger partial charge in [0.2, 0.25) is 5.91 Å². The van der Waals surface area contributed by atoms with Crippen molar-refractivity contribution >= 4 is 5.91 Å². The van der Waals surface area contributed by atoms with Gasteiger partial charge in [-0.2, -0.15) is 0 Å². The van der Waals surface area contributed by atoms with E-state index in [1.54, 1.807) is 7.11 Å². The Morgan fingerprint density at radius 2 is 1.92 bits per heavy atom. The standard InChI is InChI=1S/C22H28N2O2/c1-17-7-4-5-8-19(17)15-23(2)22(25)16-24-14-6-9-21(24)18-10-12-20(26-3)13-11-18/h4-5,7-8,10-13,21H,6,9,14-16H2,1-3H3/t21-/m0/s1. The molecule has 0 saturated carbocycles. The monoisotopic (exact) mass is 352 g/mol. The first-order chi connectivity index (χ1) is 12.6. The molecule has 1 heterocycles. The molecule has 2 aromatic rings. The van der Waals surface area contributed by atoms with Gasteiger partial charge in [-0.05, 0) is 55.1 Å². The van der Waals surface area contributed by atoms with E-state index in [0.29, 0.717) is 19.1 Å². The second-order valence-corrected chi connectivity index (χ2v) is 7.08. The number of aryl methyl sites for hydroxylation is 1. The Kier molecular flexibility index (Phi) is 5.94. The molecule has 4 nitrogen and oxygen atoms in total. The number of rotatable bonds is 6. The molecule has 1 aliphatic heterocycles. The Bertz CT molecular complexity index is 742. The SMILES string of the molecule is COc1ccc([C@@H]2CCCN2CC(=O)N(C)Cc2ccccc2C)cc1. The maximum Gasteiger partial charge on any atom is 0.236 e. The Balaban J connectivity index is 1.62. The molecule has 0 aromatic heterocycles. The molecule has 26 heavy (non-hydrogen) atoms. The maximum atomic E-state index is 12.8. The van der Waals surface area contributed by atoms with Crippen molar-refractivity contribution in [3.63, 3.8) is 0 Å². The van der Waals surface area contributed by atoms with Crippen molar-refractivity contribution in [2.24, 2.45) is 0 Å². The molecule has 1 saturated heterocycles.